The molecule has 1 amide bonds. The van der Waals surface area contributed by atoms with E-state index >= 15 is 0 Å². The first-order chi connectivity index (χ1) is 12.8. The molecule has 0 fully saturated rings. The largest absolute Gasteiger partial charge is 0.352 e. The van der Waals surface area contributed by atoms with Crippen LogP contribution in [-0.2, 0) is 16.4 Å². The minimum Gasteiger partial charge on any atom is -0.352 e. The first-order valence-electron chi connectivity index (χ1n) is 9.28. The van der Waals surface area contributed by atoms with Crippen LogP contribution < -0.4 is 10.0 Å². The summed E-state index contributed by atoms with van der Waals surface area (Å²) in [6, 6.07) is 14.4. The van der Waals surface area contributed by atoms with Crippen molar-refractivity contribution >= 4 is 15.9 Å². The van der Waals surface area contributed by atoms with Gasteiger partial charge in [-0.2, -0.15) is 0 Å². The smallest absolute Gasteiger partial charge is 0.251 e. The van der Waals surface area contributed by atoms with Crippen LogP contribution in [0, 0.1) is 6.92 Å². The number of carbonyl (C=O) groups is 1. The van der Waals surface area contributed by atoms with Gasteiger partial charge in [0.15, 0.2) is 0 Å². The summed E-state index contributed by atoms with van der Waals surface area (Å²) in [5.41, 5.74) is 2.32. The first kappa shape index (κ1) is 21.1. The molecule has 27 heavy (non-hydrogen) atoms. The molecule has 0 aromatic heterocycles. The molecule has 0 saturated carbocycles. The summed E-state index contributed by atoms with van der Waals surface area (Å²) in [5.74, 6) is -0.247. The maximum Gasteiger partial charge on any atom is 0.251 e. The van der Waals surface area contributed by atoms with Crippen molar-refractivity contribution in [3.05, 3.63) is 65.2 Å². The van der Waals surface area contributed by atoms with Gasteiger partial charge in [-0.1, -0.05) is 43.3 Å². The third kappa shape index (κ3) is 6.19. The summed E-state index contributed by atoms with van der Waals surface area (Å²) < 4.78 is 28.1. The summed E-state index contributed by atoms with van der Waals surface area (Å²) >= 11 is 0. The Kier molecular flexibility index (Phi) is 7.56. The minimum atomic E-state index is -3.69. The number of hydrogen-bond donors (Lipinski definition) is 2. The number of carbonyl (C=O) groups excluding carboxylic acids is 1. The molecule has 0 aliphatic rings. The van der Waals surface area contributed by atoms with E-state index in [-0.39, 0.29) is 16.8 Å². The highest BCUT2D eigenvalue weighted by Crippen LogP contribution is 2.17. The third-order valence-corrected chi connectivity index (χ3v) is 5.95. The molecule has 146 valence electrons. The fourth-order valence-electron chi connectivity index (χ4n) is 2.77. The van der Waals surface area contributed by atoms with E-state index in [1.165, 1.54) is 17.7 Å². The lowest BCUT2D eigenvalue weighted by Gasteiger charge is -2.15. The Hall–Kier alpha value is -2.18. The number of hydrogen-bond acceptors (Lipinski definition) is 3. The fraction of sp³-hybridized carbons (Fsp3) is 0.381. The quantitative estimate of drug-likeness (QED) is 0.691. The van der Waals surface area contributed by atoms with E-state index in [1.54, 1.807) is 13.0 Å². The second kappa shape index (κ2) is 9.67. The van der Waals surface area contributed by atoms with Gasteiger partial charge in [-0.15, -0.1) is 0 Å². The van der Waals surface area contributed by atoms with Gasteiger partial charge in [0.2, 0.25) is 10.0 Å². The van der Waals surface area contributed by atoms with Gasteiger partial charge < -0.3 is 5.32 Å². The Labute approximate surface area is 162 Å². The summed E-state index contributed by atoms with van der Waals surface area (Å²) in [6.45, 7) is 6.18. The topological polar surface area (TPSA) is 75.3 Å². The predicted octanol–water partition coefficient (Wildman–Crippen LogP) is 3.43. The van der Waals surface area contributed by atoms with Crippen molar-refractivity contribution in [3.63, 3.8) is 0 Å². The van der Waals surface area contributed by atoms with Crippen LogP contribution in [0.25, 0.3) is 0 Å². The average Bonchev–Trinajstić information content (AvgIpc) is 2.65. The van der Waals surface area contributed by atoms with Gasteiger partial charge in [0.05, 0.1) is 4.90 Å². The maximum atomic E-state index is 12.7. The second-order valence-corrected chi connectivity index (χ2v) is 8.49. The molecular formula is C21H28N2O3S. The number of rotatable bonds is 9. The zero-order valence-electron chi connectivity index (χ0n) is 16.2. The normalized spacial score (nSPS) is 12.6. The molecule has 0 spiro atoms. The molecule has 0 radical (unpaired) electrons. The van der Waals surface area contributed by atoms with Crippen molar-refractivity contribution in [2.45, 2.75) is 51.0 Å². The van der Waals surface area contributed by atoms with Crippen LogP contribution in [-0.4, -0.2) is 26.9 Å². The van der Waals surface area contributed by atoms with E-state index in [2.05, 4.69) is 10.0 Å². The lowest BCUT2D eigenvalue weighted by Crippen LogP contribution is -2.33. The van der Waals surface area contributed by atoms with E-state index in [1.807, 2.05) is 44.2 Å². The van der Waals surface area contributed by atoms with Crippen LogP contribution in [0.5, 0.6) is 0 Å². The van der Waals surface area contributed by atoms with Crippen LogP contribution in [0.3, 0.4) is 0 Å². The molecule has 2 rings (SSSR count). The molecule has 0 heterocycles. The Morgan fingerprint density at radius 3 is 2.48 bits per heavy atom. The molecule has 0 aliphatic heterocycles. The Bertz CT molecular complexity index is 864. The van der Waals surface area contributed by atoms with E-state index < -0.39 is 10.0 Å². The van der Waals surface area contributed by atoms with Gasteiger partial charge in [0.25, 0.3) is 5.91 Å². The number of benzene rings is 2. The van der Waals surface area contributed by atoms with Crippen molar-refractivity contribution in [3.8, 4) is 0 Å². The lowest BCUT2D eigenvalue weighted by molar-refractivity contribution is 0.0953. The van der Waals surface area contributed by atoms with E-state index in [0.29, 0.717) is 18.5 Å². The first-order valence-corrected chi connectivity index (χ1v) is 10.8. The molecular weight excluding hydrogens is 360 g/mol. The van der Waals surface area contributed by atoms with Gasteiger partial charge in [0.1, 0.15) is 0 Å². The van der Waals surface area contributed by atoms with Crippen LogP contribution in [0.15, 0.2) is 53.4 Å². The Morgan fingerprint density at radius 2 is 1.81 bits per heavy atom. The summed E-state index contributed by atoms with van der Waals surface area (Å²) in [4.78, 5) is 12.4. The Balaban J connectivity index is 2.07. The van der Waals surface area contributed by atoms with E-state index in [4.69, 9.17) is 0 Å². The highest BCUT2D eigenvalue weighted by molar-refractivity contribution is 7.89. The van der Waals surface area contributed by atoms with Crippen molar-refractivity contribution in [1.82, 2.24) is 10.0 Å². The second-order valence-electron chi connectivity index (χ2n) is 6.78. The van der Waals surface area contributed by atoms with Crippen molar-refractivity contribution < 1.29 is 13.2 Å². The van der Waals surface area contributed by atoms with E-state index in [9.17, 15) is 13.2 Å². The highest BCUT2D eigenvalue weighted by Gasteiger charge is 2.20. The number of amides is 1. The van der Waals surface area contributed by atoms with Crippen LogP contribution >= 0.6 is 0 Å². The predicted molar refractivity (Wildman–Crippen MR) is 108 cm³/mol. The molecule has 6 heteroatoms. The third-order valence-electron chi connectivity index (χ3n) is 4.36. The molecule has 0 aliphatic carbocycles. The number of aryl methyl sites for hydroxylation is 2. The molecule has 2 N–H and O–H groups in total. The molecule has 0 saturated heterocycles. The SMILES string of the molecule is CCCNC(=O)c1cc(S(=O)(=O)N[C@@H](C)CCc2ccccc2)ccc1C. The van der Waals surface area contributed by atoms with Crippen LogP contribution in [0.2, 0.25) is 0 Å². The minimum absolute atomic E-state index is 0.112. The maximum absolute atomic E-state index is 12.7. The average molecular weight is 389 g/mol. The number of nitrogens with one attached hydrogen (secondary N) is 2. The zero-order valence-corrected chi connectivity index (χ0v) is 17.0. The molecule has 0 bridgehead atoms. The molecule has 1 atom stereocenters. The summed E-state index contributed by atoms with van der Waals surface area (Å²) in [7, 11) is -3.69. The summed E-state index contributed by atoms with van der Waals surface area (Å²) in [6.07, 6.45) is 2.31. The molecule has 2 aromatic rings. The zero-order chi connectivity index (χ0) is 19.9. The number of sulfonamides is 1. The lowest BCUT2D eigenvalue weighted by atomic mass is 10.1. The van der Waals surface area contributed by atoms with Gasteiger partial charge in [-0.25, -0.2) is 13.1 Å². The summed E-state index contributed by atoms with van der Waals surface area (Å²) in [5, 5.41) is 2.79. The standard InChI is InChI=1S/C21H28N2O3S/c1-4-14-22-21(24)20-15-19(13-10-16(20)2)27(25,26)23-17(3)11-12-18-8-6-5-7-9-18/h5-10,13,15,17,23H,4,11-12,14H2,1-3H3,(H,22,24)/t17-/m0/s1. The van der Waals surface area contributed by atoms with Gasteiger partial charge in [-0.3, -0.25) is 4.79 Å². The van der Waals surface area contributed by atoms with Crippen molar-refractivity contribution in [1.29, 1.82) is 0 Å². The van der Waals surface area contributed by atoms with Crippen molar-refractivity contribution in [2.75, 3.05) is 6.54 Å². The van der Waals surface area contributed by atoms with Crippen LogP contribution in [0.4, 0.5) is 0 Å². The van der Waals surface area contributed by atoms with E-state index in [0.717, 1.165) is 18.4 Å². The molecule has 2 aromatic carbocycles. The molecule has 5 nitrogen and oxygen atoms in total. The fourth-order valence-corrected chi connectivity index (χ4v) is 4.07. The Morgan fingerprint density at radius 1 is 1.11 bits per heavy atom. The van der Waals surface area contributed by atoms with Gasteiger partial charge in [-0.05, 0) is 56.4 Å². The van der Waals surface area contributed by atoms with Gasteiger partial charge in [0, 0.05) is 18.2 Å². The highest BCUT2D eigenvalue weighted by atomic mass is 32.2. The van der Waals surface area contributed by atoms with Crippen molar-refractivity contribution in [2.24, 2.45) is 0 Å². The van der Waals surface area contributed by atoms with Crippen LogP contribution in [0.1, 0.15) is 48.2 Å². The monoisotopic (exact) mass is 388 g/mol. The molecule has 0 unspecified atom stereocenters. The van der Waals surface area contributed by atoms with Gasteiger partial charge >= 0.3 is 0 Å².